The van der Waals surface area contributed by atoms with Gasteiger partial charge in [-0.05, 0) is 25.5 Å². The van der Waals surface area contributed by atoms with E-state index in [0.717, 1.165) is 5.56 Å². The van der Waals surface area contributed by atoms with Crippen molar-refractivity contribution < 1.29 is 13.2 Å². The van der Waals surface area contributed by atoms with Gasteiger partial charge in [-0.3, -0.25) is 4.68 Å². The number of hydrogen-bond acceptors (Lipinski definition) is 6. The zero-order chi connectivity index (χ0) is 15.5. The number of ether oxygens (including phenoxy) is 1. The summed E-state index contributed by atoms with van der Waals surface area (Å²) in [5.41, 5.74) is 1.43. The summed E-state index contributed by atoms with van der Waals surface area (Å²) in [6.07, 6.45) is 3.05. The van der Waals surface area contributed by atoms with Crippen LogP contribution in [0.4, 0.5) is 0 Å². The Bertz CT molecular complexity index is 725. The van der Waals surface area contributed by atoms with Gasteiger partial charge in [-0.25, -0.2) is 18.4 Å². The number of rotatable bonds is 6. The molecule has 2 rings (SSSR count). The van der Waals surface area contributed by atoms with Crippen molar-refractivity contribution in [2.75, 3.05) is 7.11 Å². The zero-order valence-corrected chi connectivity index (χ0v) is 13.1. The highest BCUT2D eigenvalue weighted by Gasteiger charge is 2.17. The molecule has 0 N–H and O–H groups in total. The third kappa shape index (κ3) is 4.01. The quantitative estimate of drug-likeness (QED) is 0.794. The highest BCUT2D eigenvalue weighted by Crippen LogP contribution is 2.17. The first kappa shape index (κ1) is 15.4. The molecule has 0 saturated heterocycles. The maximum atomic E-state index is 12.2. The van der Waals surface area contributed by atoms with Crippen LogP contribution in [0.1, 0.15) is 23.9 Å². The molecule has 2 heterocycles. The normalized spacial score (nSPS) is 11.6. The van der Waals surface area contributed by atoms with Gasteiger partial charge in [0.15, 0.2) is 15.7 Å². The van der Waals surface area contributed by atoms with Crippen LogP contribution < -0.4 is 4.74 Å². The van der Waals surface area contributed by atoms with Crippen LogP contribution in [0.15, 0.2) is 18.6 Å². The number of sulfone groups is 1. The molecule has 7 nitrogen and oxygen atoms in total. The van der Waals surface area contributed by atoms with Gasteiger partial charge < -0.3 is 4.74 Å². The fraction of sp³-hybridized carbons (Fsp3) is 0.462. The Morgan fingerprint density at radius 3 is 2.62 bits per heavy atom. The average Bonchev–Trinajstić information content (AvgIpc) is 2.85. The van der Waals surface area contributed by atoms with Crippen molar-refractivity contribution in [3.05, 3.63) is 35.5 Å². The summed E-state index contributed by atoms with van der Waals surface area (Å²) in [7, 11) is -1.81. The van der Waals surface area contributed by atoms with E-state index >= 15 is 0 Å². The minimum atomic E-state index is -3.34. The lowest BCUT2D eigenvalue weighted by molar-refractivity contribution is 0.394. The van der Waals surface area contributed by atoms with Crippen molar-refractivity contribution in [2.24, 2.45) is 0 Å². The maximum Gasteiger partial charge on any atom is 0.215 e. The van der Waals surface area contributed by atoms with Crippen LogP contribution in [0.5, 0.6) is 5.88 Å². The Hall–Kier alpha value is -1.96. The first-order valence-corrected chi connectivity index (χ1v) is 8.34. The molecule has 0 aliphatic carbocycles. The molecule has 0 radical (unpaired) electrons. The number of aryl methyl sites for hydroxylation is 2. The Morgan fingerprint density at radius 2 is 2.05 bits per heavy atom. The van der Waals surface area contributed by atoms with E-state index in [1.165, 1.54) is 19.6 Å². The lowest BCUT2D eigenvalue weighted by Crippen LogP contribution is -2.10. The average molecular weight is 310 g/mol. The van der Waals surface area contributed by atoms with Gasteiger partial charge >= 0.3 is 0 Å². The van der Waals surface area contributed by atoms with E-state index in [2.05, 4.69) is 15.1 Å². The third-order valence-corrected chi connectivity index (χ3v) is 4.39. The Labute approximate surface area is 123 Å². The van der Waals surface area contributed by atoms with E-state index in [4.69, 9.17) is 4.74 Å². The fourth-order valence-electron chi connectivity index (χ4n) is 1.97. The van der Waals surface area contributed by atoms with E-state index < -0.39 is 9.84 Å². The molecular weight excluding hydrogens is 292 g/mol. The molecule has 8 heteroatoms. The van der Waals surface area contributed by atoms with E-state index in [9.17, 15) is 8.42 Å². The maximum absolute atomic E-state index is 12.2. The van der Waals surface area contributed by atoms with Gasteiger partial charge in [-0.15, -0.1) is 0 Å². The summed E-state index contributed by atoms with van der Waals surface area (Å²) in [5, 5.41) is 4.09. The molecule has 0 bridgehead atoms. The summed E-state index contributed by atoms with van der Waals surface area (Å²) in [4.78, 5) is 8.08. The first-order valence-electron chi connectivity index (χ1n) is 6.51. The van der Waals surface area contributed by atoms with Crippen molar-refractivity contribution in [1.82, 2.24) is 19.7 Å². The highest BCUT2D eigenvalue weighted by molar-refractivity contribution is 7.89. The van der Waals surface area contributed by atoms with Gasteiger partial charge in [0.1, 0.15) is 12.1 Å². The van der Waals surface area contributed by atoms with Gasteiger partial charge in [0.25, 0.3) is 0 Å². The molecule has 2 aromatic rings. The monoisotopic (exact) mass is 310 g/mol. The lowest BCUT2D eigenvalue weighted by Gasteiger charge is -2.06. The summed E-state index contributed by atoms with van der Waals surface area (Å²) in [6.45, 7) is 4.40. The van der Waals surface area contributed by atoms with Gasteiger partial charge in [0.2, 0.25) is 5.88 Å². The molecule has 0 spiro atoms. The molecule has 0 fully saturated rings. The van der Waals surface area contributed by atoms with Crippen molar-refractivity contribution in [3.8, 4) is 5.88 Å². The van der Waals surface area contributed by atoms with Gasteiger partial charge in [0.05, 0.1) is 12.9 Å². The number of pyridine rings is 1. The molecule has 21 heavy (non-hydrogen) atoms. The Kier molecular flexibility index (Phi) is 4.56. The van der Waals surface area contributed by atoms with Crippen LogP contribution in [0.3, 0.4) is 0 Å². The van der Waals surface area contributed by atoms with E-state index in [1.807, 2.05) is 13.8 Å². The van der Waals surface area contributed by atoms with Gasteiger partial charge in [0, 0.05) is 18.3 Å². The fourth-order valence-corrected chi connectivity index (χ4v) is 3.26. The number of aromatic nitrogens is 4. The highest BCUT2D eigenvalue weighted by atomic mass is 32.2. The molecule has 0 amide bonds. The molecule has 0 aromatic carbocycles. The zero-order valence-electron chi connectivity index (χ0n) is 12.3. The van der Waals surface area contributed by atoms with Crippen LogP contribution >= 0.6 is 0 Å². The summed E-state index contributed by atoms with van der Waals surface area (Å²) in [6, 6.07) is 1.77. The minimum absolute atomic E-state index is 0.0918. The van der Waals surface area contributed by atoms with Crippen LogP contribution in [-0.2, 0) is 27.9 Å². The second-order valence-corrected chi connectivity index (χ2v) is 6.78. The lowest BCUT2D eigenvalue weighted by atomic mass is 10.2. The predicted molar refractivity (Wildman–Crippen MR) is 77.5 cm³/mol. The molecular formula is C13H18N4O3S. The van der Waals surface area contributed by atoms with Crippen molar-refractivity contribution in [1.29, 1.82) is 0 Å². The number of methoxy groups -OCH3 is 1. The van der Waals surface area contributed by atoms with Gasteiger partial charge in [-0.1, -0.05) is 0 Å². The largest absolute Gasteiger partial charge is 0.481 e. The Balaban J connectivity index is 2.11. The van der Waals surface area contributed by atoms with Crippen LogP contribution in [0.25, 0.3) is 0 Å². The molecule has 0 saturated carbocycles. The molecule has 2 aromatic heterocycles. The van der Waals surface area contributed by atoms with Crippen molar-refractivity contribution in [3.63, 3.8) is 0 Å². The van der Waals surface area contributed by atoms with Gasteiger partial charge in [-0.2, -0.15) is 5.10 Å². The van der Waals surface area contributed by atoms with Crippen LogP contribution in [0, 0.1) is 6.92 Å². The smallest absolute Gasteiger partial charge is 0.215 e. The standard InChI is InChI=1S/C13H18N4O3S/c1-4-17-9-15-12(16-17)8-21(18,19)7-11-5-10(2)13(20-3)14-6-11/h5-6,9H,4,7-8H2,1-3H3. The van der Waals surface area contributed by atoms with Crippen molar-refractivity contribution in [2.45, 2.75) is 31.9 Å². The van der Waals surface area contributed by atoms with E-state index in [-0.39, 0.29) is 11.5 Å². The number of nitrogens with zero attached hydrogens (tertiary/aromatic N) is 4. The molecule has 0 aliphatic heterocycles. The molecule has 0 unspecified atom stereocenters. The van der Waals surface area contributed by atoms with E-state index in [0.29, 0.717) is 23.8 Å². The second kappa shape index (κ2) is 6.21. The Morgan fingerprint density at radius 1 is 1.29 bits per heavy atom. The SMILES string of the molecule is CCn1cnc(CS(=O)(=O)Cc2cnc(OC)c(C)c2)n1. The number of hydrogen-bond donors (Lipinski definition) is 0. The topological polar surface area (TPSA) is 87.0 Å². The predicted octanol–water partition coefficient (Wildman–Crippen LogP) is 1.13. The third-order valence-electron chi connectivity index (χ3n) is 2.92. The van der Waals surface area contributed by atoms with E-state index in [1.54, 1.807) is 10.7 Å². The molecule has 0 atom stereocenters. The minimum Gasteiger partial charge on any atom is -0.481 e. The van der Waals surface area contributed by atoms with Crippen molar-refractivity contribution >= 4 is 9.84 Å². The molecule has 0 aliphatic rings. The summed E-state index contributed by atoms with van der Waals surface area (Å²) >= 11 is 0. The first-order chi connectivity index (χ1) is 9.93. The van der Waals surface area contributed by atoms with Crippen LogP contribution in [-0.4, -0.2) is 35.3 Å². The summed E-state index contributed by atoms with van der Waals surface area (Å²) < 4.78 is 31.0. The molecule has 114 valence electrons. The summed E-state index contributed by atoms with van der Waals surface area (Å²) in [5.74, 6) is 0.547. The second-order valence-electron chi connectivity index (χ2n) is 4.72. The van der Waals surface area contributed by atoms with Crippen LogP contribution in [0.2, 0.25) is 0 Å².